The zero-order chi connectivity index (χ0) is 18.3. The van der Waals surface area contributed by atoms with Crippen molar-refractivity contribution in [1.29, 1.82) is 0 Å². The Kier molecular flexibility index (Phi) is 4.65. The average Bonchev–Trinajstić information content (AvgIpc) is 2.79. The third kappa shape index (κ3) is 3.07. The maximum Gasteiger partial charge on any atom is 0.351 e. The van der Waals surface area contributed by atoms with Crippen LogP contribution in [0.2, 0.25) is 5.02 Å². The standard InChI is InChI=1S/C14H13ClFN3O5S/c15-8-5-9(16)10(6-11(8)25(24)7-12(20)21)19-13(22)17-3-1-2-4-18(17)14(19)23/h5-6H,1-4,7H2,(H,20,21)/t25-/m1/s1. The lowest BCUT2D eigenvalue weighted by molar-refractivity contribution is -0.133. The second-order valence-electron chi connectivity index (χ2n) is 5.47. The summed E-state index contributed by atoms with van der Waals surface area (Å²) in [5.74, 6) is -2.99. The Hall–Kier alpha value is -2.20. The second kappa shape index (κ2) is 6.60. The summed E-state index contributed by atoms with van der Waals surface area (Å²) in [5, 5.41) is 8.52. The van der Waals surface area contributed by atoms with Crippen molar-refractivity contribution in [3.8, 4) is 5.69 Å². The van der Waals surface area contributed by atoms with Crippen LogP contribution in [0.4, 0.5) is 4.39 Å². The Morgan fingerprint density at radius 2 is 1.76 bits per heavy atom. The molecule has 134 valence electrons. The molecule has 0 bridgehead atoms. The van der Waals surface area contributed by atoms with E-state index >= 15 is 0 Å². The van der Waals surface area contributed by atoms with E-state index in [-0.39, 0.29) is 9.92 Å². The number of halogens is 2. The molecule has 1 aliphatic rings. The number of aromatic nitrogens is 3. The number of fused-ring (bicyclic) bond motifs is 1. The molecular weight excluding hydrogens is 377 g/mol. The molecule has 0 amide bonds. The summed E-state index contributed by atoms with van der Waals surface area (Å²) in [6, 6.07) is 1.81. The SMILES string of the molecule is O=C(O)C[S@@](=O)c1cc(-n2c(=O)n3n(c2=O)CCCC3)c(F)cc1Cl. The molecule has 3 rings (SSSR count). The summed E-state index contributed by atoms with van der Waals surface area (Å²) >= 11 is 5.85. The van der Waals surface area contributed by atoms with Crippen molar-refractivity contribution in [2.45, 2.75) is 30.8 Å². The number of carboxylic acids is 1. The molecule has 0 aliphatic carbocycles. The van der Waals surface area contributed by atoms with E-state index in [4.69, 9.17) is 16.7 Å². The molecule has 0 radical (unpaired) electrons. The number of nitrogens with zero attached hydrogens (tertiary/aromatic N) is 3. The fourth-order valence-corrected chi connectivity index (χ4v) is 4.04. The van der Waals surface area contributed by atoms with E-state index in [1.54, 1.807) is 0 Å². The first kappa shape index (κ1) is 17.6. The summed E-state index contributed by atoms with van der Waals surface area (Å²) in [6.07, 6.45) is 1.45. The molecule has 0 fully saturated rings. The first-order chi connectivity index (χ1) is 11.8. The number of hydrogen-bond acceptors (Lipinski definition) is 4. The van der Waals surface area contributed by atoms with Gasteiger partial charge in [-0.25, -0.2) is 27.9 Å². The van der Waals surface area contributed by atoms with Gasteiger partial charge in [-0.15, -0.1) is 0 Å². The summed E-state index contributed by atoms with van der Waals surface area (Å²) in [4.78, 5) is 35.5. The van der Waals surface area contributed by atoms with Crippen molar-refractivity contribution in [2.75, 3.05) is 5.75 Å². The molecule has 1 N–H and O–H groups in total. The highest BCUT2D eigenvalue weighted by molar-refractivity contribution is 7.85. The number of aliphatic carboxylic acids is 1. The molecular formula is C14H13ClFN3O5S. The van der Waals surface area contributed by atoms with Crippen LogP contribution in [0.15, 0.2) is 26.6 Å². The summed E-state index contributed by atoms with van der Waals surface area (Å²) in [7, 11) is -2.05. The molecule has 25 heavy (non-hydrogen) atoms. The predicted octanol–water partition coefficient (Wildman–Crippen LogP) is 0.579. The van der Waals surface area contributed by atoms with Gasteiger partial charge in [-0.2, -0.15) is 0 Å². The van der Waals surface area contributed by atoms with Crippen molar-refractivity contribution < 1.29 is 18.5 Å². The van der Waals surface area contributed by atoms with E-state index in [0.717, 1.165) is 25.0 Å². The maximum absolute atomic E-state index is 14.3. The van der Waals surface area contributed by atoms with Crippen LogP contribution in [0.3, 0.4) is 0 Å². The largest absolute Gasteiger partial charge is 0.481 e. The number of benzene rings is 1. The predicted molar refractivity (Wildman–Crippen MR) is 87.4 cm³/mol. The van der Waals surface area contributed by atoms with E-state index in [0.29, 0.717) is 17.7 Å². The normalized spacial score (nSPS) is 15.0. The highest BCUT2D eigenvalue weighted by Crippen LogP contribution is 2.25. The Morgan fingerprint density at radius 3 is 2.28 bits per heavy atom. The van der Waals surface area contributed by atoms with Crippen molar-refractivity contribution >= 4 is 28.4 Å². The quantitative estimate of drug-likeness (QED) is 0.823. The Balaban J connectivity index is 2.21. The first-order valence-electron chi connectivity index (χ1n) is 7.33. The highest BCUT2D eigenvalue weighted by Gasteiger charge is 2.24. The highest BCUT2D eigenvalue weighted by atomic mass is 35.5. The van der Waals surface area contributed by atoms with Crippen molar-refractivity contribution in [3.63, 3.8) is 0 Å². The van der Waals surface area contributed by atoms with Crippen LogP contribution in [-0.4, -0.2) is 35.0 Å². The number of hydrogen-bond donors (Lipinski definition) is 1. The zero-order valence-corrected chi connectivity index (χ0v) is 14.3. The van der Waals surface area contributed by atoms with Gasteiger partial charge in [-0.3, -0.25) is 9.00 Å². The van der Waals surface area contributed by atoms with Gasteiger partial charge < -0.3 is 5.11 Å². The Bertz CT molecular complexity index is 972. The minimum atomic E-state index is -2.05. The fraction of sp³-hybridized carbons (Fsp3) is 0.357. The number of carboxylic acid groups (broad SMARTS) is 1. The Morgan fingerprint density at radius 1 is 1.20 bits per heavy atom. The van der Waals surface area contributed by atoms with Gasteiger partial charge in [0.2, 0.25) is 0 Å². The van der Waals surface area contributed by atoms with Gasteiger partial charge in [-0.05, 0) is 25.0 Å². The topological polar surface area (TPSA) is 103 Å². The van der Waals surface area contributed by atoms with Crippen LogP contribution < -0.4 is 11.4 Å². The maximum atomic E-state index is 14.3. The molecule has 11 heteroatoms. The van der Waals surface area contributed by atoms with Crippen molar-refractivity contribution in [1.82, 2.24) is 13.9 Å². The molecule has 2 aromatic rings. The van der Waals surface area contributed by atoms with Gasteiger partial charge in [0, 0.05) is 13.1 Å². The lowest BCUT2D eigenvalue weighted by Crippen LogP contribution is -2.30. The molecule has 0 unspecified atom stereocenters. The molecule has 1 aromatic heterocycles. The minimum Gasteiger partial charge on any atom is -0.481 e. The van der Waals surface area contributed by atoms with Crippen LogP contribution in [0.1, 0.15) is 12.8 Å². The number of carbonyl (C=O) groups is 1. The third-order valence-corrected chi connectivity index (χ3v) is 5.61. The number of rotatable bonds is 4. The van der Waals surface area contributed by atoms with E-state index in [1.165, 1.54) is 9.36 Å². The van der Waals surface area contributed by atoms with E-state index in [1.807, 2.05) is 0 Å². The van der Waals surface area contributed by atoms with Crippen LogP contribution in [0.25, 0.3) is 5.69 Å². The van der Waals surface area contributed by atoms with Gasteiger partial charge in [0.25, 0.3) is 0 Å². The van der Waals surface area contributed by atoms with Crippen LogP contribution >= 0.6 is 11.6 Å². The molecule has 0 saturated heterocycles. The zero-order valence-electron chi connectivity index (χ0n) is 12.8. The van der Waals surface area contributed by atoms with Gasteiger partial charge in [0.05, 0.1) is 26.4 Å². The summed E-state index contributed by atoms with van der Waals surface area (Å²) < 4.78 is 29.5. The molecule has 0 saturated carbocycles. The van der Waals surface area contributed by atoms with Gasteiger partial charge in [0.1, 0.15) is 11.6 Å². The van der Waals surface area contributed by atoms with Crippen LogP contribution in [-0.2, 0) is 28.7 Å². The fourth-order valence-electron chi connectivity index (χ4n) is 2.74. The van der Waals surface area contributed by atoms with Crippen LogP contribution in [0, 0.1) is 5.82 Å². The molecule has 0 spiro atoms. The molecule has 1 atom stereocenters. The Labute approximate surface area is 147 Å². The van der Waals surface area contributed by atoms with Gasteiger partial charge in [-0.1, -0.05) is 11.6 Å². The van der Waals surface area contributed by atoms with Crippen molar-refractivity contribution in [2.24, 2.45) is 0 Å². The average molecular weight is 390 g/mol. The van der Waals surface area contributed by atoms with Crippen molar-refractivity contribution in [3.05, 3.63) is 43.9 Å². The lowest BCUT2D eigenvalue weighted by Gasteiger charge is -2.13. The lowest BCUT2D eigenvalue weighted by atomic mass is 10.3. The van der Waals surface area contributed by atoms with E-state index < -0.39 is 45.4 Å². The summed E-state index contributed by atoms with van der Waals surface area (Å²) in [6.45, 7) is 0.683. The smallest absolute Gasteiger partial charge is 0.351 e. The van der Waals surface area contributed by atoms with E-state index in [9.17, 15) is 23.0 Å². The van der Waals surface area contributed by atoms with E-state index in [2.05, 4.69) is 0 Å². The molecule has 1 aromatic carbocycles. The van der Waals surface area contributed by atoms with Gasteiger partial charge in [0.15, 0.2) is 0 Å². The van der Waals surface area contributed by atoms with Crippen LogP contribution in [0.5, 0.6) is 0 Å². The third-order valence-electron chi connectivity index (χ3n) is 3.85. The van der Waals surface area contributed by atoms with Gasteiger partial charge >= 0.3 is 17.3 Å². The minimum absolute atomic E-state index is 0.152. The molecule has 2 heterocycles. The molecule has 8 nitrogen and oxygen atoms in total. The first-order valence-corrected chi connectivity index (χ1v) is 9.03. The second-order valence-corrected chi connectivity index (χ2v) is 7.30. The summed E-state index contributed by atoms with van der Waals surface area (Å²) in [5.41, 5.74) is -1.82. The monoisotopic (exact) mass is 389 g/mol. The molecule has 1 aliphatic heterocycles.